The molecule has 0 bridgehead atoms. The number of nitrogens with one attached hydrogen (secondary N) is 1. The van der Waals surface area contributed by atoms with Gasteiger partial charge < -0.3 is 25.5 Å². The van der Waals surface area contributed by atoms with E-state index in [0.29, 0.717) is 0 Å². The first kappa shape index (κ1) is 15.7. The minimum absolute atomic E-state index is 0.755. The van der Waals surface area contributed by atoms with Crippen LogP contribution in [0.4, 0.5) is 0 Å². The second-order valence-corrected chi connectivity index (χ2v) is 4.36. The van der Waals surface area contributed by atoms with Crippen LogP contribution in [0.2, 0.25) is 0 Å². The maximum absolute atomic E-state index is 10.2. The topological polar surface area (TPSA) is 168 Å². The quantitative estimate of drug-likeness (QED) is 0.226. The molecule has 10 heteroatoms. The molecule has 0 saturated carbocycles. The molecule has 4 atom stereocenters. The van der Waals surface area contributed by atoms with Crippen molar-refractivity contribution in [2.75, 3.05) is 13.2 Å². The Morgan fingerprint density at radius 3 is 1.81 bits per heavy atom. The van der Waals surface area contributed by atoms with E-state index >= 15 is 0 Å². The summed E-state index contributed by atoms with van der Waals surface area (Å²) in [6, 6.07) is 0. The highest BCUT2D eigenvalue weighted by atomic mass is 32.2. The van der Waals surface area contributed by atoms with Gasteiger partial charge in [-0.15, -0.1) is 0 Å². The predicted octanol–water partition coefficient (Wildman–Crippen LogP) is -4.19. The van der Waals surface area contributed by atoms with Crippen molar-refractivity contribution in [1.82, 2.24) is 4.72 Å². The summed E-state index contributed by atoms with van der Waals surface area (Å²) in [4.78, 5) is 0. The van der Waals surface area contributed by atoms with E-state index in [9.17, 15) is 13.5 Å². The molecule has 0 spiro atoms. The van der Waals surface area contributed by atoms with E-state index in [4.69, 9.17) is 25.0 Å². The van der Waals surface area contributed by atoms with E-state index in [2.05, 4.69) is 0 Å². The van der Waals surface area contributed by atoms with Gasteiger partial charge in [0.15, 0.2) is 0 Å². The summed E-state index contributed by atoms with van der Waals surface area (Å²) in [7, 11) is -4.52. The molecule has 0 aromatic carbocycles. The Hall–Kier alpha value is -0.330. The van der Waals surface area contributed by atoms with Crippen molar-refractivity contribution in [2.45, 2.75) is 24.4 Å². The highest BCUT2D eigenvalue weighted by Crippen LogP contribution is 2.04. The second-order valence-electron chi connectivity index (χ2n) is 3.12. The minimum atomic E-state index is -4.52. The average molecular weight is 261 g/mol. The standard InChI is InChI=1S/C6H15NO8S/c8-2-4(10)6(12)5(11)3(9)1-7-16(13,14)15/h3-12H,1-2H2,(H,13,14,15)/t3-,4+,5+,6+/m0/s1. The van der Waals surface area contributed by atoms with Crippen LogP contribution in [0, 0.1) is 0 Å². The third kappa shape index (κ3) is 5.67. The molecule has 0 fully saturated rings. The molecule has 0 heterocycles. The predicted molar refractivity (Wildman–Crippen MR) is 50.7 cm³/mol. The highest BCUT2D eigenvalue weighted by Gasteiger charge is 2.30. The average Bonchev–Trinajstić information content (AvgIpc) is 2.21. The summed E-state index contributed by atoms with van der Waals surface area (Å²) in [5, 5.41) is 44.8. The van der Waals surface area contributed by atoms with Crippen LogP contribution in [-0.2, 0) is 10.3 Å². The number of aliphatic hydroxyl groups is 5. The summed E-state index contributed by atoms with van der Waals surface area (Å²) < 4.78 is 30.2. The van der Waals surface area contributed by atoms with Gasteiger partial charge in [-0.3, -0.25) is 4.55 Å². The number of hydrogen-bond donors (Lipinski definition) is 7. The fraction of sp³-hybridized carbons (Fsp3) is 1.00. The lowest BCUT2D eigenvalue weighted by Crippen LogP contribution is -2.49. The van der Waals surface area contributed by atoms with Gasteiger partial charge in [-0.05, 0) is 0 Å². The molecule has 0 unspecified atom stereocenters. The van der Waals surface area contributed by atoms with Crippen LogP contribution < -0.4 is 4.72 Å². The third-order valence-electron chi connectivity index (χ3n) is 1.80. The minimum Gasteiger partial charge on any atom is -0.394 e. The van der Waals surface area contributed by atoms with Gasteiger partial charge in [0.05, 0.1) is 12.7 Å². The number of aliphatic hydroxyl groups excluding tert-OH is 5. The Balaban J connectivity index is 4.22. The Bertz CT molecular complexity index is 293. The van der Waals surface area contributed by atoms with Gasteiger partial charge in [0.25, 0.3) is 0 Å². The molecular formula is C6H15NO8S. The summed E-state index contributed by atoms with van der Waals surface area (Å²) in [6.07, 6.45) is -7.15. The summed E-state index contributed by atoms with van der Waals surface area (Å²) >= 11 is 0. The van der Waals surface area contributed by atoms with Gasteiger partial charge in [0.1, 0.15) is 18.3 Å². The third-order valence-corrected chi connectivity index (χ3v) is 2.33. The molecule has 0 radical (unpaired) electrons. The molecule has 0 rings (SSSR count). The van der Waals surface area contributed by atoms with Crippen LogP contribution in [0.3, 0.4) is 0 Å². The Kier molecular flexibility index (Phi) is 6.28. The molecular weight excluding hydrogens is 246 g/mol. The van der Waals surface area contributed by atoms with Crippen LogP contribution in [0.5, 0.6) is 0 Å². The van der Waals surface area contributed by atoms with Crippen molar-refractivity contribution in [3.05, 3.63) is 0 Å². The molecule has 0 aliphatic rings. The SMILES string of the molecule is O=S(=O)(O)NC[C@H](O)[C@@H](O)[C@H](O)[C@H](O)CO. The zero-order valence-electron chi connectivity index (χ0n) is 8.13. The summed E-state index contributed by atoms with van der Waals surface area (Å²) in [6.45, 7) is -1.59. The lowest BCUT2D eigenvalue weighted by atomic mass is 10.0. The van der Waals surface area contributed by atoms with E-state index in [0.717, 1.165) is 0 Å². The van der Waals surface area contributed by atoms with Crippen molar-refractivity contribution in [2.24, 2.45) is 0 Å². The Morgan fingerprint density at radius 1 is 1.00 bits per heavy atom. The van der Waals surface area contributed by atoms with E-state index < -0.39 is 47.9 Å². The molecule has 98 valence electrons. The molecule has 0 aliphatic carbocycles. The van der Waals surface area contributed by atoms with Gasteiger partial charge in [-0.1, -0.05) is 0 Å². The highest BCUT2D eigenvalue weighted by molar-refractivity contribution is 7.83. The van der Waals surface area contributed by atoms with Crippen LogP contribution in [0.15, 0.2) is 0 Å². The van der Waals surface area contributed by atoms with Crippen molar-refractivity contribution in [1.29, 1.82) is 0 Å². The van der Waals surface area contributed by atoms with Crippen molar-refractivity contribution in [3.63, 3.8) is 0 Å². The van der Waals surface area contributed by atoms with Crippen molar-refractivity contribution >= 4 is 10.3 Å². The van der Waals surface area contributed by atoms with Crippen LogP contribution in [0.1, 0.15) is 0 Å². The van der Waals surface area contributed by atoms with Gasteiger partial charge in [-0.25, -0.2) is 0 Å². The summed E-state index contributed by atoms with van der Waals surface area (Å²) in [5.41, 5.74) is 0. The van der Waals surface area contributed by atoms with E-state index in [-0.39, 0.29) is 0 Å². The first-order valence-electron chi connectivity index (χ1n) is 4.24. The molecule has 0 aliphatic heterocycles. The second kappa shape index (κ2) is 6.42. The summed E-state index contributed by atoms with van der Waals surface area (Å²) in [5.74, 6) is 0. The molecule has 0 aromatic heterocycles. The maximum atomic E-state index is 10.2. The zero-order chi connectivity index (χ0) is 12.9. The maximum Gasteiger partial charge on any atom is 0.333 e. The van der Waals surface area contributed by atoms with Gasteiger partial charge in [0.2, 0.25) is 0 Å². The van der Waals surface area contributed by atoms with Crippen LogP contribution in [-0.4, -0.2) is 76.1 Å². The van der Waals surface area contributed by atoms with Gasteiger partial charge >= 0.3 is 10.3 Å². The normalized spacial score (nSPS) is 20.1. The van der Waals surface area contributed by atoms with Crippen LogP contribution >= 0.6 is 0 Å². The molecule has 0 amide bonds. The first-order valence-corrected chi connectivity index (χ1v) is 5.68. The van der Waals surface area contributed by atoms with Gasteiger partial charge in [-0.2, -0.15) is 13.1 Å². The van der Waals surface area contributed by atoms with E-state index in [1.54, 1.807) is 0 Å². The fourth-order valence-electron chi connectivity index (χ4n) is 0.875. The van der Waals surface area contributed by atoms with E-state index in [1.165, 1.54) is 4.72 Å². The first-order chi connectivity index (χ1) is 7.19. The lowest BCUT2D eigenvalue weighted by Gasteiger charge is -2.25. The molecule has 16 heavy (non-hydrogen) atoms. The molecule has 9 nitrogen and oxygen atoms in total. The van der Waals surface area contributed by atoms with Crippen molar-refractivity contribution < 1.29 is 38.5 Å². The molecule has 0 aromatic rings. The number of hydrogen-bond acceptors (Lipinski definition) is 7. The largest absolute Gasteiger partial charge is 0.394 e. The zero-order valence-corrected chi connectivity index (χ0v) is 8.95. The lowest BCUT2D eigenvalue weighted by molar-refractivity contribution is -0.113. The molecule has 0 saturated heterocycles. The Morgan fingerprint density at radius 2 is 1.44 bits per heavy atom. The van der Waals surface area contributed by atoms with Crippen LogP contribution in [0.25, 0.3) is 0 Å². The monoisotopic (exact) mass is 261 g/mol. The Labute approximate surface area is 91.8 Å². The number of rotatable bonds is 7. The molecule has 7 N–H and O–H groups in total. The smallest absolute Gasteiger partial charge is 0.333 e. The van der Waals surface area contributed by atoms with E-state index in [1.807, 2.05) is 0 Å². The van der Waals surface area contributed by atoms with Crippen molar-refractivity contribution in [3.8, 4) is 0 Å². The van der Waals surface area contributed by atoms with Gasteiger partial charge in [0, 0.05) is 6.54 Å². The fourth-order valence-corrected chi connectivity index (χ4v) is 1.26.